The molecule has 5 nitrogen and oxygen atoms in total. The molecule has 0 fully saturated rings. The third-order valence-electron chi connectivity index (χ3n) is 7.19. The van der Waals surface area contributed by atoms with Crippen LogP contribution in [0.2, 0.25) is 0 Å². The topological polar surface area (TPSA) is 71.5 Å². The van der Waals surface area contributed by atoms with Crippen LogP contribution < -0.4 is 0 Å². The molecule has 0 bridgehead atoms. The van der Waals surface area contributed by atoms with Crippen LogP contribution in [0.5, 0.6) is 0 Å². The molecule has 0 N–H and O–H groups in total. The normalized spacial score (nSPS) is 15.8. The maximum atomic E-state index is 14.6. The average molecular weight is 666 g/mol. The standard InChI is InChI=1S/C25H36ClF8NO4S2/c1-8-21(6,7)19(15-20(3,4)5)14-17-10-12-18(13-11-17)16-35(9-2)41(38,39)25(33,34)23(29,30)22(27,28)24(31,32)40(26,36)37/h10-13,19H,8-9,14-16H2,1-7H3. The molecule has 41 heavy (non-hydrogen) atoms. The Morgan fingerprint density at radius 3 is 1.54 bits per heavy atom. The quantitative estimate of drug-likeness (QED) is 0.150. The summed E-state index contributed by atoms with van der Waals surface area (Å²) in [5.74, 6) is -14.6. The van der Waals surface area contributed by atoms with Crippen molar-refractivity contribution < 1.29 is 52.0 Å². The van der Waals surface area contributed by atoms with Crippen molar-refractivity contribution in [1.82, 2.24) is 4.31 Å². The first-order valence-corrected chi connectivity index (χ1v) is 16.3. The van der Waals surface area contributed by atoms with Gasteiger partial charge in [0.05, 0.1) is 0 Å². The number of hydrogen-bond donors (Lipinski definition) is 0. The van der Waals surface area contributed by atoms with Gasteiger partial charge in [-0.1, -0.05) is 79.2 Å². The van der Waals surface area contributed by atoms with Crippen LogP contribution in [0.4, 0.5) is 35.1 Å². The van der Waals surface area contributed by atoms with Gasteiger partial charge in [-0.3, -0.25) is 0 Å². The van der Waals surface area contributed by atoms with Crippen LogP contribution in [-0.4, -0.2) is 50.0 Å². The Kier molecular flexibility index (Phi) is 11.1. The summed E-state index contributed by atoms with van der Waals surface area (Å²) in [7, 11) is -9.57. The lowest BCUT2D eigenvalue weighted by molar-refractivity contribution is -0.326. The molecular weight excluding hydrogens is 630 g/mol. The van der Waals surface area contributed by atoms with Gasteiger partial charge in [0.1, 0.15) is 0 Å². The third-order valence-corrected chi connectivity index (χ3v) is 10.6. The lowest BCUT2D eigenvalue weighted by Crippen LogP contribution is -2.67. The van der Waals surface area contributed by atoms with Gasteiger partial charge in [-0.2, -0.15) is 39.4 Å². The Bertz CT molecular complexity index is 1260. The summed E-state index contributed by atoms with van der Waals surface area (Å²) >= 11 is 0. The molecule has 0 aromatic heterocycles. The van der Waals surface area contributed by atoms with Gasteiger partial charge in [-0.15, -0.1) is 0 Å². The zero-order valence-corrected chi connectivity index (χ0v) is 26.1. The Hall–Kier alpha value is -1.19. The van der Waals surface area contributed by atoms with E-state index in [2.05, 4.69) is 52.2 Å². The highest BCUT2D eigenvalue weighted by Crippen LogP contribution is 2.57. The van der Waals surface area contributed by atoms with Crippen LogP contribution in [0, 0.1) is 16.7 Å². The molecule has 1 atom stereocenters. The van der Waals surface area contributed by atoms with E-state index in [1.165, 1.54) is 12.1 Å². The zero-order chi connectivity index (χ0) is 32.7. The third kappa shape index (κ3) is 7.49. The molecule has 1 aromatic rings. The van der Waals surface area contributed by atoms with Crippen molar-refractivity contribution in [2.45, 2.75) is 96.6 Å². The molecule has 0 aliphatic rings. The molecule has 0 saturated heterocycles. The van der Waals surface area contributed by atoms with Crippen LogP contribution in [0.1, 0.15) is 72.4 Å². The first-order chi connectivity index (χ1) is 18.0. The summed E-state index contributed by atoms with van der Waals surface area (Å²) in [4.78, 5) is 0. The summed E-state index contributed by atoms with van der Waals surface area (Å²) in [6.07, 6.45) is 2.37. The van der Waals surface area contributed by atoms with Gasteiger partial charge in [0, 0.05) is 23.8 Å². The van der Waals surface area contributed by atoms with E-state index in [0.717, 1.165) is 25.3 Å². The number of halogens is 9. The molecule has 0 saturated carbocycles. The Labute approximate surface area is 241 Å². The van der Waals surface area contributed by atoms with Gasteiger partial charge in [0.25, 0.3) is 10.0 Å². The molecule has 16 heteroatoms. The van der Waals surface area contributed by atoms with E-state index in [-0.39, 0.29) is 26.6 Å². The molecular formula is C25H36ClF8NO4S2. The maximum Gasteiger partial charge on any atom is 0.427 e. The Morgan fingerprint density at radius 2 is 1.17 bits per heavy atom. The lowest BCUT2D eigenvalue weighted by Gasteiger charge is -2.38. The van der Waals surface area contributed by atoms with Crippen molar-refractivity contribution in [1.29, 1.82) is 0 Å². The van der Waals surface area contributed by atoms with Crippen LogP contribution in [0.25, 0.3) is 0 Å². The fourth-order valence-corrected chi connectivity index (χ4v) is 6.29. The molecule has 0 spiro atoms. The zero-order valence-electron chi connectivity index (χ0n) is 23.7. The molecule has 0 amide bonds. The average Bonchev–Trinajstić information content (AvgIpc) is 2.80. The fraction of sp³-hybridized carbons (Fsp3) is 0.760. The number of alkyl halides is 8. The van der Waals surface area contributed by atoms with E-state index in [4.69, 9.17) is 0 Å². The van der Waals surface area contributed by atoms with Gasteiger partial charge < -0.3 is 0 Å². The largest absolute Gasteiger partial charge is 0.427 e. The minimum atomic E-state index is -7.41. The highest BCUT2D eigenvalue weighted by molar-refractivity contribution is 8.14. The van der Waals surface area contributed by atoms with E-state index >= 15 is 0 Å². The summed E-state index contributed by atoms with van der Waals surface area (Å²) in [5.41, 5.74) is 0.796. The molecule has 240 valence electrons. The van der Waals surface area contributed by atoms with Gasteiger partial charge >= 0.3 is 31.4 Å². The predicted molar refractivity (Wildman–Crippen MR) is 141 cm³/mol. The molecule has 0 heterocycles. The molecule has 1 rings (SSSR count). The highest BCUT2D eigenvalue weighted by Gasteiger charge is 2.87. The molecule has 0 aliphatic heterocycles. The number of benzene rings is 1. The second kappa shape index (κ2) is 12.1. The first kappa shape index (κ1) is 37.8. The van der Waals surface area contributed by atoms with E-state index in [1.807, 2.05) is 0 Å². The molecule has 1 unspecified atom stereocenters. The second-order valence-corrected chi connectivity index (χ2v) is 16.5. The highest BCUT2D eigenvalue weighted by atomic mass is 35.7. The summed E-state index contributed by atoms with van der Waals surface area (Å²) < 4.78 is 159. The molecule has 1 aromatic carbocycles. The Balaban J connectivity index is 3.36. The predicted octanol–water partition coefficient (Wildman–Crippen LogP) is 7.89. The van der Waals surface area contributed by atoms with E-state index < -0.39 is 54.5 Å². The lowest BCUT2D eigenvalue weighted by atomic mass is 9.67. The van der Waals surface area contributed by atoms with Crippen molar-refractivity contribution in [3.8, 4) is 0 Å². The maximum absolute atomic E-state index is 14.6. The molecule has 0 aliphatic carbocycles. The van der Waals surface area contributed by atoms with Crippen LogP contribution in [-0.2, 0) is 32.0 Å². The monoisotopic (exact) mass is 665 g/mol. The van der Waals surface area contributed by atoms with Crippen molar-refractivity contribution in [2.24, 2.45) is 16.7 Å². The fourth-order valence-electron chi connectivity index (χ4n) is 4.13. The van der Waals surface area contributed by atoms with Gasteiger partial charge in [0.2, 0.25) is 0 Å². The van der Waals surface area contributed by atoms with Crippen LogP contribution in [0.15, 0.2) is 24.3 Å². The minimum absolute atomic E-state index is 0.00898. The summed E-state index contributed by atoms with van der Waals surface area (Å²) in [6.45, 7) is 11.6. The number of sulfonamides is 1. The first-order valence-electron chi connectivity index (χ1n) is 12.6. The van der Waals surface area contributed by atoms with Crippen LogP contribution >= 0.6 is 10.7 Å². The van der Waals surface area contributed by atoms with Crippen molar-refractivity contribution in [2.75, 3.05) is 6.54 Å². The number of rotatable bonds is 14. The number of nitrogens with zero attached hydrogens (tertiary/aromatic N) is 1. The van der Waals surface area contributed by atoms with E-state index in [1.54, 1.807) is 12.1 Å². The summed E-state index contributed by atoms with van der Waals surface area (Å²) in [5, 5.41) is -13.8. The van der Waals surface area contributed by atoms with Crippen molar-refractivity contribution in [3.63, 3.8) is 0 Å². The van der Waals surface area contributed by atoms with Crippen molar-refractivity contribution in [3.05, 3.63) is 35.4 Å². The van der Waals surface area contributed by atoms with E-state index in [9.17, 15) is 52.0 Å². The van der Waals surface area contributed by atoms with Crippen molar-refractivity contribution >= 4 is 29.8 Å². The smallest absolute Gasteiger partial charge is 0.206 e. The van der Waals surface area contributed by atoms with Gasteiger partial charge in [-0.25, -0.2) is 16.8 Å². The SMILES string of the molecule is CCN(Cc1ccc(CC(CC(C)(C)C)C(C)(C)CC)cc1)S(=O)(=O)C(F)(F)C(F)(F)C(F)(F)C(F)(F)S(=O)(=O)Cl. The van der Waals surface area contributed by atoms with E-state index in [0.29, 0.717) is 6.42 Å². The summed E-state index contributed by atoms with van der Waals surface area (Å²) in [6, 6.07) is 5.87. The number of hydrogen-bond acceptors (Lipinski definition) is 4. The second-order valence-electron chi connectivity index (χ2n) is 11.9. The minimum Gasteiger partial charge on any atom is -0.206 e. The van der Waals surface area contributed by atoms with Crippen LogP contribution in [0.3, 0.4) is 0 Å². The van der Waals surface area contributed by atoms with Gasteiger partial charge in [0.15, 0.2) is 0 Å². The Morgan fingerprint density at radius 1 is 0.756 bits per heavy atom. The van der Waals surface area contributed by atoms with Gasteiger partial charge in [-0.05, 0) is 40.7 Å². The molecule has 0 radical (unpaired) electrons.